The number of benzene rings is 1. The highest BCUT2D eigenvalue weighted by atomic mass is 16.5. The second-order valence-electron chi connectivity index (χ2n) is 11.7. The minimum atomic E-state index is -0.0743. The predicted octanol–water partition coefficient (Wildman–Crippen LogP) is 2.63. The molecule has 216 valence electrons. The van der Waals surface area contributed by atoms with Gasteiger partial charge in [0.05, 0.1) is 19.1 Å². The van der Waals surface area contributed by atoms with Gasteiger partial charge in [0.15, 0.2) is 0 Å². The van der Waals surface area contributed by atoms with Crippen LogP contribution in [0.25, 0.3) is 0 Å². The highest BCUT2D eigenvalue weighted by Gasteiger charge is 2.50. The zero-order valence-corrected chi connectivity index (χ0v) is 23.6. The summed E-state index contributed by atoms with van der Waals surface area (Å²) in [5.41, 5.74) is 2.30. The maximum atomic E-state index is 14.1. The number of aliphatic hydroxyl groups is 1. The summed E-state index contributed by atoms with van der Waals surface area (Å²) in [6, 6.07) is 6.86. The van der Waals surface area contributed by atoms with Crippen LogP contribution in [0.4, 0.5) is 0 Å². The topological polar surface area (TPSA) is 83.5 Å². The molecule has 3 fully saturated rings. The van der Waals surface area contributed by atoms with E-state index >= 15 is 0 Å². The summed E-state index contributed by atoms with van der Waals surface area (Å²) in [6.45, 7) is 8.17. The number of carbonyl (C=O) groups is 1. The van der Waals surface area contributed by atoms with E-state index in [1.54, 1.807) is 7.11 Å². The molecule has 0 radical (unpaired) electrons. The van der Waals surface area contributed by atoms with Crippen molar-refractivity contribution in [2.24, 2.45) is 17.3 Å². The Morgan fingerprint density at radius 1 is 1.15 bits per heavy atom. The van der Waals surface area contributed by atoms with Gasteiger partial charge in [-0.2, -0.15) is 0 Å². The molecule has 39 heavy (non-hydrogen) atoms. The largest absolute Gasteiger partial charge is 0.492 e. The fourth-order valence-electron chi connectivity index (χ4n) is 6.43. The highest BCUT2D eigenvalue weighted by Crippen LogP contribution is 2.51. The summed E-state index contributed by atoms with van der Waals surface area (Å²) in [4.78, 5) is 18.7. The third-order valence-corrected chi connectivity index (χ3v) is 8.87. The second kappa shape index (κ2) is 13.6. The van der Waals surface area contributed by atoms with Crippen molar-refractivity contribution in [3.63, 3.8) is 0 Å². The van der Waals surface area contributed by atoms with Gasteiger partial charge >= 0.3 is 0 Å². The molecule has 1 amide bonds. The summed E-state index contributed by atoms with van der Waals surface area (Å²) in [5, 5.41) is 13.2. The normalized spacial score (nSPS) is 24.5. The monoisotopic (exact) mass is 541 g/mol. The molecule has 4 aliphatic rings. The van der Waals surface area contributed by atoms with E-state index in [4.69, 9.17) is 14.2 Å². The molecule has 0 aromatic heterocycles. The van der Waals surface area contributed by atoms with Gasteiger partial charge in [-0.15, -0.1) is 0 Å². The third-order valence-electron chi connectivity index (χ3n) is 8.87. The Hall–Kier alpha value is -1.97. The van der Waals surface area contributed by atoms with E-state index in [-0.39, 0.29) is 29.8 Å². The van der Waals surface area contributed by atoms with Gasteiger partial charge in [-0.1, -0.05) is 18.2 Å². The molecule has 0 spiro atoms. The molecule has 5 rings (SSSR count). The number of aliphatic hydroxyl groups excluding tert-OH is 1. The number of ether oxygens (including phenoxy) is 3. The third kappa shape index (κ3) is 7.61. The van der Waals surface area contributed by atoms with E-state index in [2.05, 4.69) is 45.5 Å². The fourth-order valence-corrected chi connectivity index (χ4v) is 6.43. The lowest BCUT2D eigenvalue weighted by Gasteiger charge is -2.40. The number of amides is 1. The lowest BCUT2D eigenvalue weighted by atomic mass is 9.71. The van der Waals surface area contributed by atoms with Crippen LogP contribution in [0.1, 0.15) is 43.2 Å². The van der Waals surface area contributed by atoms with E-state index in [1.165, 1.54) is 5.56 Å². The summed E-state index contributed by atoms with van der Waals surface area (Å²) in [6.07, 6.45) is 10.1. The van der Waals surface area contributed by atoms with Crippen molar-refractivity contribution >= 4 is 5.91 Å². The van der Waals surface area contributed by atoms with Crippen molar-refractivity contribution < 1.29 is 24.1 Å². The summed E-state index contributed by atoms with van der Waals surface area (Å²) >= 11 is 0. The van der Waals surface area contributed by atoms with Crippen LogP contribution in [0.5, 0.6) is 5.75 Å². The molecule has 0 bridgehead atoms. The van der Waals surface area contributed by atoms with Crippen LogP contribution in [0.3, 0.4) is 0 Å². The molecule has 1 saturated carbocycles. The van der Waals surface area contributed by atoms with Gasteiger partial charge < -0.3 is 29.5 Å². The Morgan fingerprint density at radius 2 is 1.95 bits per heavy atom. The van der Waals surface area contributed by atoms with Crippen LogP contribution in [-0.4, -0.2) is 99.7 Å². The molecule has 2 aliphatic carbocycles. The minimum Gasteiger partial charge on any atom is -0.492 e. The molecule has 8 nitrogen and oxygen atoms in total. The number of morpholine rings is 1. The predicted molar refractivity (Wildman–Crippen MR) is 151 cm³/mol. The first-order chi connectivity index (χ1) is 19.1. The van der Waals surface area contributed by atoms with Crippen molar-refractivity contribution in [3.05, 3.63) is 41.5 Å². The van der Waals surface area contributed by atoms with Crippen molar-refractivity contribution in [1.29, 1.82) is 0 Å². The Morgan fingerprint density at radius 3 is 2.67 bits per heavy atom. The van der Waals surface area contributed by atoms with Crippen molar-refractivity contribution in [1.82, 2.24) is 15.1 Å². The Labute approximate surface area is 233 Å². The highest BCUT2D eigenvalue weighted by molar-refractivity contribution is 5.80. The number of hydrogen-bond donors (Lipinski definition) is 2. The number of carbonyl (C=O) groups excluding carboxylic acids is 1. The number of piperidine rings is 1. The maximum Gasteiger partial charge on any atom is 0.227 e. The number of rotatable bonds is 15. The summed E-state index contributed by atoms with van der Waals surface area (Å²) in [7, 11) is 1.74. The number of allylic oxidation sites excluding steroid dienone is 2. The van der Waals surface area contributed by atoms with Crippen LogP contribution in [-0.2, 0) is 27.2 Å². The average Bonchev–Trinajstić information content (AvgIpc) is 3.89. The molecule has 1 aromatic carbocycles. The van der Waals surface area contributed by atoms with Gasteiger partial charge in [0.1, 0.15) is 12.4 Å². The fraction of sp³-hybridized carbons (Fsp3) is 0.710. The van der Waals surface area contributed by atoms with Crippen LogP contribution in [0.15, 0.2) is 30.4 Å². The first-order valence-corrected chi connectivity index (χ1v) is 15.0. The van der Waals surface area contributed by atoms with Gasteiger partial charge in [-0.25, -0.2) is 0 Å². The van der Waals surface area contributed by atoms with E-state index in [0.29, 0.717) is 25.7 Å². The molecule has 1 aromatic rings. The zero-order valence-electron chi connectivity index (χ0n) is 23.6. The van der Waals surface area contributed by atoms with Crippen LogP contribution < -0.4 is 10.1 Å². The van der Waals surface area contributed by atoms with Crippen molar-refractivity contribution in [2.45, 2.75) is 51.1 Å². The lowest BCUT2D eigenvalue weighted by Crippen LogP contribution is -2.50. The quantitative estimate of drug-likeness (QED) is 0.261. The lowest BCUT2D eigenvalue weighted by molar-refractivity contribution is -0.140. The second-order valence-corrected chi connectivity index (χ2v) is 11.7. The summed E-state index contributed by atoms with van der Waals surface area (Å²) < 4.78 is 17.0. The molecule has 2 atom stereocenters. The van der Waals surface area contributed by atoms with Crippen LogP contribution in [0, 0.1) is 17.3 Å². The molecular formula is C31H47N3O5. The van der Waals surface area contributed by atoms with E-state index in [9.17, 15) is 9.90 Å². The minimum absolute atomic E-state index is 0.0602. The van der Waals surface area contributed by atoms with Gasteiger partial charge in [0, 0.05) is 64.5 Å². The molecular weight excluding hydrogens is 494 g/mol. The SMILES string of the molecule is COCCCc1cc(CN(C(=O)[C@H]2CNCC[C@@H]2C2(CCO)C=C2)C2CC2)cc(OCCN2CCOCC2)c1. The molecule has 2 N–H and O–H groups in total. The van der Waals surface area contributed by atoms with Crippen LogP contribution >= 0.6 is 0 Å². The first-order valence-electron chi connectivity index (χ1n) is 15.0. The van der Waals surface area contributed by atoms with Crippen molar-refractivity contribution in [3.8, 4) is 5.75 Å². The maximum absolute atomic E-state index is 14.1. The number of aryl methyl sites for hydroxylation is 1. The molecule has 2 heterocycles. The van der Waals surface area contributed by atoms with Gasteiger partial charge in [0.2, 0.25) is 5.91 Å². The molecule has 2 aliphatic heterocycles. The molecule has 8 heteroatoms. The standard InChI is InChI=1S/C31H47N3O5/c1-37-15-2-3-24-19-25(21-27(20-24)39-18-13-33-11-16-38-17-12-33)23-34(26-4-5-26)30(36)28-22-32-10-6-29(28)31(7-8-31)9-14-35/h7-8,19-21,26,28-29,32,35H,2-6,9-18,22-23H2,1H3/t28-,29-/m0/s1. The molecule has 0 unspecified atom stereocenters. The van der Waals surface area contributed by atoms with Gasteiger partial charge in [-0.05, 0) is 74.2 Å². The average molecular weight is 542 g/mol. The Balaban J connectivity index is 1.29. The van der Waals surface area contributed by atoms with E-state index in [1.807, 2.05) is 0 Å². The number of methoxy groups -OCH3 is 1. The zero-order chi connectivity index (χ0) is 27.1. The van der Waals surface area contributed by atoms with Gasteiger partial charge in [-0.3, -0.25) is 9.69 Å². The Kier molecular flexibility index (Phi) is 9.95. The summed E-state index contributed by atoms with van der Waals surface area (Å²) in [5.74, 6) is 1.35. The van der Waals surface area contributed by atoms with E-state index in [0.717, 1.165) is 95.8 Å². The number of hydrogen-bond acceptors (Lipinski definition) is 7. The Bertz CT molecular complexity index is 969. The number of nitrogens with one attached hydrogen (secondary N) is 1. The van der Waals surface area contributed by atoms with Crippen molar-refractivity contribution in [2.75, 3.05) is 72.9 Å². The van der Waals surface area contributed by atoms with Gasteiger partial charge in [0.25, 0.3) is 0 Å². The number of nitrogens with zero attached hydrogens (tertiary/aromatic N) is 2. The van der Waals surface area contributed by atoms with E-state index < -0.39 is 0 Å². The molecule has 2 saturated heterocycles. The van der Waals surface area contributed by atoms with Crippen LogP contribution in [0.2, 0.25) is 0 Å². The smallest absolute Gasteiger partial charge is 0.227 e. The first kappa shape index (κ1) is 28.6.